The van der Waals surface area contributed by atoms with Gasteiger partial charge >= 0.3 is 123 Å². The third kappa shape index (κ3) is 1.95. The number of nitrogens with zero attached hydrogens (tertiary/aromatic N) is 1. The molecule has 0 spiro atoms. The van der Waals surface area contributed by atoms with Crippen LogP contribution in [0.5, 0.6) is 0 Å². The van der Waals surface area contributed by atoms with Gasteiger partial charge < -0.3 is 0 Å². The van der Waals surface area contributed by atoms with Crippen molar-refractivity contribution in [1.82, 2.24) is 4.57 Å². The number of hydrogen-bond donors (Lipinski definition) is 0. The van der Waals surface area contributed by atoms with Crippen molar-refractivity contribution in [2.75, 3.05) is 0 Å². The number of hydrogen-bond acceptors (Lipinski definition) is 0. The molecule has 0 radical (unpaired) electrons. The summed E-state index contributed by atoms with van der Waals surface area (Å²) >= 11 is 1.43. The summed E-state index contributed by atoms with van der Waals surface area (Å²) in [7, 11) is 0. The van der Waals surface area contributed by atoms with Crippen LogP contribution in [-0.4, -0.2) is 8.97 Å². The van der Waals surface area contributed by atoms with E-state index in [1.807, 2.05) is 18.2 Å². The zero-order chi connectivity index (χ0) is 13.2. The number of para-hydroxylation sites is 2. The fourth-order valence-corrected chi connectivity index (χ4v) is 3.32. The van der Waals surface area contributed by atoms with Gasteiger partial charge in [-0.15, -0.1) is 0 Å². The molecule has 0 saturated carbocycles. The first-order valence-electron chi connectivity index (χ1n) is 6.06. The van der Waals surface area contributed by atoms with Gasteiger partial charge in [-0.05, 0) is 0 Å². The molecule has 3 rings (SSSR count). The van der Waals surface area contributed by atoms with Gasteiger partial charge in [0.05, 0.1) is 0 Å². The summed E-state index contributed by atoms with van der Waals surface area (Å²) in [6, 6.07) is 18.7. The Balaban J connectivity index is 2.47. The molecule has 0 aliphatic rings. The molecule has 3 aromatic rings. The quantitative estimate of drug-likeness (QED) is 0.576. The molecule has 0 amide bonds. The summed E-state index contributed by atoms with van der Waals surface area (Å²) in [5, 5.41) is 1.25. The maximum atomic E-state index is 5.87. The molecule has 0 aliphatic carbocycles. The van der Waals surface area contributed by atoms with Crippen LogP contribution < -0.4 is 0 Å². The number of aromatic nitrogens is 1. The zero-order valence-corrected chi connectivity index (χ0v) is 13.2. The first-order chi connectivity index (χ1) is 9.36. The molecule has 0 atom stereocenters. The summed E-state index contributed by atoms with van der Waals surface area (Å²) in [5.41, 5.74) is 4.61. The van der Waals surface area contributed by atoms with E-state index in [4.69, 9.17) is 6.58 Å². The second-order valence-electron chi connectivity index (χ2n) is 4.27. The molecule has 2 aromatic carbocycles. The minimum absolute atomic E-state index is 1.06. The average molecular weight is 414 g/mol. The molecule has 0 fully saturated rings. The molecule has 0 unspecified atom stereocenters. The molecular weight excluding hydrogens is 402 g/mol. The van der Waals surface area contributed by atoms with E-state index in [1.165, 1.54) is 35.8 Å². The molecule has 2 heteroatoms. The Morgan fingerprint density at radius 2 is 1.63 bits per heavy atom. The second kappa shape index (κ2) is 5.11. The van der Waals surface area contributed by atoms with Crippen molar-refractivity contribution in [3.8, 4) is 5.69 Å². The van der Waals surface area contributed by atoms with Crippen molar-refractivity contribution in [1.29, 1.82) is 0 Å². The predicted molar refractivity (Wildman–Crippen MR) is 77.2 cm³/mol. The Labute approximate surface area is 123 Å². The van der Waals surface area contributed by atoms with Crippen LogP contribution in [0.15, 0.2) is 54.6 Å². The van der Waals surface area contributed by atoms with Gasteiger partial charge in [-0.25, -0.2) is 0 Å². The molecule has 0 N–H and O–H groups in total. The Morgan fingerprint density at radius 1 is 0.947 bits per heavy atom. The molecule has 1 aromatic heterocycles. The molecule has 0 saturated heterocycles. The average Bonchev–Trinajstić information content (AvgIpc) is 2.81. The SMILES string of the molecule is [CH-]=Cc1c([CH]=[W])c2ccccc2n1-c1ccccc1. The Hall–Kier alpha value is -1.72. The van der Waals surface area contributed by atoms with Crippen molar-refractivity contribution in [2.24, 2.45) is 0 Å². The molecule has 1 heterocycles. The minimum atomic E-state index is 1.06. The molecule has 1 nitrogen and oxygen atoms in total. The number of rotatable bonds is 3. The van der Waals surface area contributed by atoms with Gasteiger partial charge in [-0.2, -0.15) is 0 Å². The first-order valence-corrected chi connectivity index (χ1v) is 7.75. The van der Waals surface area contributed by atoms with Crippen molar-refractivity contribution < 1.29 is 19.4 Å². The van der Waals surface area contributed by atoms with Gasteiger partial charge in [-0.3, -0.25) is 0 Å². The molecule has 0 bridgehead atoms. The number of fused-ring (bicyclic) bond motifs is 1. The number of benzene rings is 2. The Kier molecular flexibility index (Phi) is 3.31. The van der Waals surface area contributed by atoms with E-state index >= 15 is 0 Å². The van der Waals surface area contributed by atoms with Crippen molar-refractivity contribution in [3.63, 3.8) is 0 Å². The van der Waals surface area contributed by atoms with Gasteiger partial charge in [0.2, 0.25) is 0 Å². The van der Waals surface area contributed by atoms with Crippen LogP contribution in [0.25, 0.3) is 22.7 Å². The van der Waals surface area contributed by atoms with Gasteiger partial charge in [0.25, 0.3) is 0 Å². The fourth-order valence-electron chi connectivity index (χ4n) is 2.43. The topological polar surface area (TPSA) is 4.93 Å². The van der Waals surface area contributed by atoms with E-state index in [0.29, 0.717) is 0 Å². The summed E-state index contributed by atoms with van der Waals surface area (Å²) < 4.78 is 4.41. The Morgan fingerprint density at radius 3 is 2.32 bits per heavy atom. The van der Waals surface area contributed by atoms with Crippen LogP contribution in [0.2, 0.25) is 0 Å². The first kappa shape index (κ1) is 12.3. The maximum absolute atomic E-state index is 5.87. The van der Waals surface area contributed by atoms with Crippen LogP contribution in [-0.2, 0) is 19.4 Å². The van der Waals surface area contributed by atoms with Crippen molar-refractivity contribution in [2.45, 2.75) is 0 Å². The molecule has 92 valence electrons. The summed E-state index contributed by atoms with van der Waals surface area (Å²) in [4.78, 5) is 0. The van der Waals surface area contributed by atoms with Gasteiger partial charge in [-0.1, -0.05) is 0 Å². The van der Waals surface area contributed by atoms with Crippen LogP contribution >= 0.6 is 0 Å². The fraction of sp³-hybridized carbons (Fsp3) is 0. The van der Waals surface area contributed by atoms with E-state index in [9.17, 15) is 0 Å². The third-order valence-corrected chi connectivity index (χ3v) is 4.09. The normalized spacial score (nSPS) is 10.5. The van der Waals surface area contributed by atoms with E-state index < -0.39 is 0 Å². The summed E-state index contributed by atoms with van der Waals surface area (Å²) in [5.74, 6) is 0. The van der Waals surface area contributed by atoms with Crippen LogP contribution in [0.1, 0.15) is 11.3 Å². The zero-order valence-electron chi connectivity index (χ0n) is 10.3. The van der Waals surface area contributed by atoms with E-state index in [-0.39, 0.29) is 0 Å². The van der Waals surface area contributed by atoms with E-state index in [1.54, 1.807) is 6.08 Å². The monoisotopic (exact) mass is 414 g/mol. The van der Waals surface area contributed by atoms with Gasteiger partial charge in [0, 0.05) is 0 Å². The second-order valence-corrected chi connectivity index (χ2v) is 5.12. The van der Waals surface area contributed by atoms with E-state index in [2.05, 4.69) is 45.4 Å². The van der Waals surface area contributed by atoms with Crippen LogP contribution in [0.3, 0.4) is 0 Å². The summed E-state index contributed by atoms with van der Waals surface area (Å²) in [6.07, 6.45) is 1.70. The van der Waals surface area contributed by atoms with Crippen molar-refractivity contribution >= 4 is 21.4 Å². The van der Waals surface area contributed by atoms with Gasteiger partial charge in [0.15, 0.2) is 0 Å². The van der Waals surface area contributed by atoms with Crippen molar-refractivity contribution in [3.05, 3.63) is 72.4 Å². The molecular formula is C17H12NW-. The van der Waals surface area contributed by atoms with Gasteiger partial charge in [0.1, 0.15) is 0 Å². The Bertz CT molecular complexity index is 754. The standard InChI is InChI=1S/C17H12N.W/c1-3-16-13(2)15-11-7-8-12-17(15)18(16)14-9-5-4-6-10-14;/h1-12H;/q-1;. The van der Waals surface area contributed by atoms with E-state index in [0.717, 1.165) is 11.4 Å². The van der Waals surface area contributed by atoms with Crippen LogP contribution in [0.4, 0.5) is 0 Å². The summed E-state index contributed by atoms with van der Waals surface area (Å²) in [6.45, 7) is 5.87. The third-order valence-electron chi connectivity index (χ3n) is 3.24. The predicted octanol–water partition coefficient (Wildman–Crippen LogP) is 3.77. The molecule has 0 aliphatic heterocycles. The molecule has 19 heavy (non-hydrogen) atoms. The van der Waals surface area contributed by atoms with Crippen LogP contribution in [0, 0.1) is 6.58 Å².